The monoisotopic (exact) mass is 290 g/mol. The van der Waals surface area contributed by atoms with E-state index in [-0.39, 0.29) is 11.8 Å². The SMILES string of the molecule is CCC(C)C(C(=O)NCCCCCCN)c1ccccc1. The minimum absolute atomic E-state index is 0.0414. The summed E-state index contributed by atoms with van der Waals surface area (Å²) < 4.78 is 0. The highest BCUT2D eigenvalue weighted by Crippen LogP contribution is 2.27. The molecule has 0 aliphatic rings. The van der Waals surface area contributed by atoms with Crippen LogP contribution in [0.3, 0.4) is 0 Å². The molecule has 0 aliphatic heterocycles. The van der Waals surface area contributed by atoms with Gasteiger partial charge in [0.25, 0.3) is 0 Å². The van der Waals surface area contributed by atoms with E-state index in [2.05, 4.69) is 31.3 Å². The number of hydrogen-bond donors (Lipinski definition) is 2. The van der Waals surface area contributed by atoms with Crippen molar-refractivity contribution in [2.75, 3.05) is 13.1 Å². The molecule has 21 heavy (non-hydrogen) atoms. The van der Waals surface area contributed by atoms with E-state index in [1.807, 2.05) is 18.2 Å². The summed E-state index contributed by atoms with van der Waals surface area (Å²) in [4.78, 5) is 12.5. The summed E-state index contributed by atoms with van der Waals surface area (Å²) in [6.45, 7) is 5.82. The largest absolute Gasteiger partial charge is 0.356 e. The third-order valence-corrected chi connectivity index (χ3v) is 4.08. The van der Waals surface area contributed by atoms with Gasteiger partial charge < -0.3 is 11.1 Å². The first-order valence-electron chi connectivity index (χ1n) is 8.23. The van der Waals surface area contributed by atoms with Crippen LogP contribution >= 0.6 is 0 Å². The molecule has 0 saturated carbocycles. The number of rotatable bonds is 10. The van der Waals surface area contributed by atoms with E-state index in [1.54, 1.807) is 0 Å². The first kappa shape index (κ1) is 17.7. The van der Waals surface area contributed by atoms with Crippen LogP contribution in [0.4, 0.5) is 0 Å². The van der Waals surface area contributed by atoms with Crippen LogP contribution in [-0.2, 0) is 4.79 Å². The van der Waals surface area contributed by atoms with E-state index < -0.39 is 0 Å². The third-order valence-electron chi connectivity index (χ3n) is 4.08. The number of unbranched alkanes of at least 4 members (excludes halogenated alkanes) is 3. The van der Waals surface area contributed by atoms with Crippen molar-refractivity contribution in [2.24, 2.45) is 11.7 Å². The molecular formula is C18H30N2O. The van der Waals surface area contributed by atoms with Gasteiger partial charge in [0.1, 0.15) is 0 Å². The van der Waals surface area contributed by atoms with E-state index in [1.165, 1.54) is 0 Å². The number of carbonyl (C=O) groups is 1. The predicted molar refractivity (Wildman–Crippen MR) is 89.2 cm³/mol. The van der Waals surface area contributed by atoms with Crippen LogP contribution < -0.4 is 11.1 Å². The standard InChI is InChI=1S/C18H30N2O/c1-3-15(2)17(16-11-7-6-8-12-16)18(21)20-14-10-5-4-9-13-19/h6-8,11-12,15,17H,3-5,9-10,13-14,19H2,1-2H3,(H,20,21). The maximum Gasteiger partial charge on any atom is 0.227 e. The predicted octanol–water partition coefficient (Wildman–Crippen LogP) is 3.45. The van der Waals surface area contributed by atoms with Gasteiger partial charge in [-0.05, 0) is 30.9 Å². The molecule has 0 spiro atoms. The van der Waals surface area contributed by atoms with Crippen LogP contribution in [0.1, 0.15) is 57.4 Å². The Labute approximate surface area is 129 Å². The van der Waals surface area contributed by atoms with Crippen molar-refractivity contribution in [1.29, 1.82) is 0 Å². The average Bonchev–Trinajstić information content (AvgIpc) is 2.51. The lowest BCUT2D eigenvalue weighted by atomic mass is 9.85. The Morgan fingerprint density at radius 2 is 1.81 bits per heavy atom. The molecule has 2 atom stereocenters. The third kappa shape index (κ3) is 6.30. The van der Waals surface area contributed by atoms with E-state index >= 15 is 0 Å². The molecule has 0 aliphatic carbocycles. The summed E-state index contributed by atoms with van der Waals surface area (Å²) in [6, 6.07) is 10.1. The zero-order chi connectivity index (χ0) is 15.5. The highest BCUT2D eigenvalue weighted by atomic mass is 16.1. The van der Waals surface area contributed by atoms with Crippen LogP contribution in [0.5, 0.6) is 0 Å². The fourth-order valence-electron chi connectivity index (χ4n) is 2.58. The van der Waals surface area contributed by atoms with Crippen LogP contribution in [-0.4, -0.2) is 19.0 Å². The summed E-state index contributed by atoms with van der Waals surface area (Å²) in [5.41, 5.74) is 6.59. The molecular weight excluding hydrogens is 260 g/mol. The zero-order valence-corrected chi connectivity index (χ0v) is 13.5. The first-order chi connectivity index (χ1) is 10.2. The van der Waals surface area contributed by atoms with Crippen LogP contribution in [0, 0.1) is 5.92 Å². The Hall–Kier alpha value is -1.35. The van der Waals surface area contributed by atoms with Crippen molar-refractivity contribution in [3.63, 3.8) is 0 Å². The lowest BCUT2D eigenvalue weighted by molar-refractivity contribution is -0.123. The molecule has 0 heterocycles. The number of hydrogen-bond acceptors (Lipinski definition) is 2. The van der Waals surface area contributed by atoms with E-state index in [4.69, 9.17) is 5.73 Å². The second kappa shape index (κ2) is 10.4. The molecule has 1 amide bonds. The minimum Gasteiger partial charge on any atom is -0.356 e. The van der Waals surface area contributed by atoms with E-state index in [0.29, 0.717) is 5.92 Å². The quantitative estimate of drug-likeness (QED) is 0.648. The number of nitrogens with one attached hydrogen (secondary N) is 1. The minimum atomic E-state index is -0.0414. The summed E-state index contributed by atoms with van der Waals surface area (Å²) >= 11 is 0. The highest BCUT2D eigenvalue weighted by Gasteiger charge is 2.25. The summed E-state index contributed by atoms with van der Waals surface area (Å²) in [7, 11) is 0. The van der Waals surface area contributed by atoms with Crippen LogP contribution in [0.15, 0.2) is 30.3 Å². The van der Waals surface area contributed by atoms with Gasteiger partial charge in [0, 0.05) is 6.54 Å². The second-order valence-electron chi connectivity index (χ2n) is 5.77. The average molecular weight is 290 g/mol. The van der Waals surface area contributed by atoms with Crippen molar-refractivity contribution in [1.82, 2.24) is 5.32 Å². The van der Waals surface area contributed by atoms with Gasteiger partial charge in [-0.3, -0.25) is 4.79 Å². The lowest BCUT2D eigenvalue weighted by Gasteiger charge is -2.22. The fourth-order valence-corrected chi connectivity index (χ4v) is 2.58. The van der Waals surface area contributed by atoms with Gasteiger partial charge in [0.15, 0.2) is 0 Å². The van der Waals surface area contributed by atoms with Crippen molar-refractivity contribution >= 4 is 5.91 Å². The molecule has 1 aromatic rings. The molecule has 1 rings (SSSR count). The molecule has 0 saturated heterocycles. The Bertz CT molecular complexity index is 391. The van der Waals surface area contributed by atoms with Crippen LogP contribution in [0.25, 0.3) is 0 Å². The van der Waals surface area contributed by atoms with Gasteiger partial charge in [-0.2, -0.15) is 0 Å². The van der Waals surface area contributed by atoms with Gasteiger partial charge in [-0.25, -0.2) is 0 Å². The molecule has 3 nitrogen and oxygen atoms in total. The molecule has 0 aromatic heterocycles. The van der Waals surface area contributed by atoms with Gasteiger partial charge >= 0.3 is 0 Å². The fraction of sp³-hybridized carbons (Fsp3) is 0.611. The molecule has 118 valence electrons. The number of amides is 1. The van der Waals surface area contributed by atoms with Gasteiger partial charge in [-0.15, -0.1) is 0 Å². The zero-order valence-electron chi connectivity index (χ0n) is 13.5. The smallest absolute Gasteiger partial charge is 0.227 e. The van der Waals surface area contributed by atoms with Crippen molar-refractivity contribution in [3.8, 4) is 0 Å². The molecule has 0 fully saturated rings. The number of benzene rings is 1. The molecule has 3 heteroatoms. The van der Waals surface area contributed by atoms with Crippen molar-refractivity contribution in [2.45, 2.75) is 51.9 Å². The van der Waals surface area contributed by atoms with Gasteiger partial charge in [0.2, 0.25) is 5.91 Å². The maximum atomic E-state index is 12.5. The molecule has 0 radical (unpaired) electrons. The second-order valence-corrected chi connectivity index (χ2v) is 5.77. The lowest BCUT2D eigenvalue weighted by Crippen LogP contribution is -2.33. The van der Waals surface area contributed by atoms with Crippen molar-refractivity contribution < 1.29 is 4.79 Å². The van der Waals surface area contributed by atoms with Crippen LogP contribution in [0.2, 0.25) is 0 Å². The van der Waals surface area contributed by atoms with E-state index in [9.17, 15) is 4.79 Å². The number of nitrogens with two attached hydrogens (primary N) is 1. The van der Waals surface area contributed by atoms with Gasteiger partial charge in [0.05, 0.1) is 5.92 Å². The van der Waals surface area contributed by atoms with E-state index in [0.717, 1.165) is 50.8 Å². The Balaban J connectivity index is 2.49. The highest BCUT2D eigenvalue weighted by molar-refractivity contribution is 5.83. The summed E-state index contributed by atoms with van der Waals surface area (Å²) in [6.07, 6.45) is 5.40. The molecule has 2 unspecified atom stereocenters. The Kier molecular flexibility index (Phi) is 8.76. The molecule has 0 bridgehead atoms. The molecule has 1 aromatic carbocycles. The topological polar surface area (TPSA) is 55.1 Å². The summed E-state index contributed by atoms with van der Waals surface area (Å²) in [5.74, 6) is 0.472. The number of carbonyl (C=O) groups excluding carboxylic acids is 1. The Morgan fingerprint density at radius 1 is 1.14 bits per heavy atom. The maximum absolute atomic E-state index is 12.5. The van der Waals surface area contributed by atoms with Crippen molar-refractivity contribution in [3.05, 3.63) is 35.9 Å². The van der Waals surface area contributed by atoms with Gasteiger partial charge in [-0.1, -0.05) is 63.4 Å². The Morgan fingerprint density at radius 3 is 2.43 bits per heavy atom. The normalized spacial score (nSPS) is 13.7. The first-order valence-corrected chi connectivity index (χ1v) is 8.23. The summed E-state index contributed by atoms with van der Waals surface area (Å²) in [5, 5.41) is 3.10. The molecule has 3 N–H and O–H groups in total.